The highest BCUT2D eigenvalue weighted by Crippen LogP contribution is 2.35. The van der Waals surface area contributed by atoms with Gasteiger partial charge in [-0.1, -0.05) is 68.0 Å². The van der Waals surface area contributed by atoms with E-state index in [-0.39, 0.29) is 0 Å². The molecular formula is C28H37N. The fourth-order valence-corrected chi connectivity index (χ4v) is 3.50. The number of anilines is 1. The summed E-state index contributed by atoms with van der Waals surface area (Å²) in [6, 6.07) is 8.67. The van der Waals surface area contributed by atoms with E-state index in [0.717, 1.165) is 42.8 Å². The molecule has 2 rings (SSSR count). The van der Waals surface area contributed by atoms with Crippen LogP contribution in [0, 0.1) is 6.92 Å². The van der Waals surface area contributed by atoms with Gasteiger partial charge >= 0.3 is 0 Å². The Morgan fingerprint density at radius 2 is 1.66 bits per heavy atom. The van der Waals surface area contributed by atoms with Crippen molar-refractivity contribution in [2.75, 3.05) is 4.90 Å². The number of benzene rings is 1. The maximum atomic E-state index is 4.19. The van der Waals surface area contributed by atoms with Crippen LogP contribution in [-0.4, -0.2) is 0 Å². The van der Waals surface area contributed by atoms with Gasteiger partial charge in [0.15, 0.2) is 0 Å². The summed E-state index contributed by atoms with van der Waals surface area (Å²) in [6.45, 7) is 22.9. The van der Waals surface area contributed by atoms with E-state index >= 15 is 0 Å². The Kier molecular flexibility index (Phi) is 10.5. The van der Waals surface area contributed by atoms with Crippen LogP contribution >= 0.6 is 0 Å². The van der Waals surface area contributed by atoms with Gasteiger partial charge in [-0.3, -0.25) is 0 Å². The molecule has 1 aliphatic rings. The summed E-state index contributed by atoms with van der Waals surface area (Å²) in [5.74, 6) is 0. The third-order valence-corrected chi connectivity index (χ3v) is 5.04. The molecule has 0 radical (unpaired) electrons. The van der Waals surface area contributed by atoms with Crippen LogP contribution in [0.2, 0.25) is 0 Å². The van der Waals surface area contributed by atoms with Gasteiger partial charge in [0.05, 0.1) is 0 Å². The van der Waals surface area contributed by atoms with Crippen LogP contribution in [0.15, 0.2) is 109 Å². The van der Waals surface area contributed by atoms with Crippen molar-refractivity contribution in [3.05, 3.63) is 115 Å². The largest absolute Gasteiger partial charge is 0.311 e. The van der Waals surface area contributed by atoms with E-state index in [9.17, 15) is 0 Å². The van der Waals surface area contributed by atoms with Gasteiger partial charge in [0.2, 0.25) is 0 Å². The molecule has 0 bridgehead atoms. The van der Waals surface area contributed by atoms with Crippen LogP contribution < -0.4 is 4.90 Å². The fourth-order valence-electron chi connectivity index (χ4n) is 3.50. The smallest absolute Gasteiger partial charge is 0.0490 e. The Labute approximate surface area is 178 Å². The molecule has 0 amide bonds. The quantitative estimate of drug-likeness (QED) is 0.319. The lowest BCUT2D eigenvalue weighted by Crippen LogP contribution is -2.22. The lowest BCUT2D eigenvalue weighted by molar-refractivity contribution is 0.838. The summed E-state index contributed by atoms with van der Waals surface area (Å²) in [7, 11) is 0. The SMILES string of the molecule is C=C.C=C/C(=C(\CCC)C1=CC=C(C)CC1)N(/C(C=C)=C/C)c1ccc(C)cc1. The first kappa shape index (κ1) is 24.2. The van der Waals surface area contributed by atoms with Crippen LogP contribution in [0.3, 0.4) is 0 Å². The number of allylic oxidation sites excluding steroid dienone is 8. The zero-order valence-electron chi connectivity index (χ0n) is 18.8. The topological polar surface area (TPSA) is 3.24 Å². The Bertz CT molecular complexity index is 812. The first-order chi connectivity index (χ1) is 14.0. The highest BCUT2D eigenvalue weighted by molar-refractivity contribution is 5.65. The van der Waals surface area contributed by atoms with Gasteiger partial charge in [-0.25, -0.2) is 0 Å². The molecule has 0 aromatic heterocycles. The summed E-state index contributed by atoms with van der Waals surface area (Å²) in [5, 5.41) is 0. The second-order valence-electron chi connectivity index (χ2n) is 7.11. The van der Waals surface area contributed by atoms with Crippen LogP contribution in [0.5, 0.6) is 0 Å². The normalized spacial score (nSPS) is 14.6. The Morgan fingerprint density at radius 3 is 2.10 bits per heavy atom. The van der Waals surface area contributed by atoms with Gasteiger partial charge in [-0.05, 0) is 75.5 Å². The molecular weight excluding hydrogens is 350 g/mol. The number of aryl methyl sites for hydroxylation is 1. The molecule has 0 saturated carbocycles. The number of hydrogen-bond donors (Lipinski definition) is 0. The first-order valence-electron chi connectivity index (χ1n) is 10.4. The van der Waals surface area contributed by atoms with Crippen molar-refractivity contribution in [2.45, 2.75) is 53.4 Å². The van der Waals surface area contributed by atoms with E-state index in [2.05, 4.69) is 101 Å². The highest BCUT2D eigenvalue weighted by atomic mass is 15.2. The van der Waals surface area contributed by atoms with E-state index in [4.69, 9.17) is 0 Å². The van der Waals surface area contributed by atoms with Gasteiger partial charge in [-0.15, -0.1) is 13.2 Å². The van der Waals surface area contributed by atoms with Gasteiger partial charge in [0.25, 0.3) is 0 Å². The summed E-state index contributed by atoms with van der Waals surface area (Å²) < 4.78 is 0. The second-order valence-corrected chi connectivity index (χ2v) is 7.11. The minimum Gasteiger partial charge on any atom is -0.311 e. The van der Waals surface area contributed by atoms with E-state index in [0.29, 0.717) is 0 Å². The molecule has 0 spiro atoms. The van der Waals surface area contributed by atoms with Crippen molar-refractivity contribution < 1.29 is 0 Å². The zero-order chi connectivity index (χ0) is 21.8. The van der Waals surface area contributed by atoms with Gasteiger partial charge in [0.1, 0.15) is 0 Å². The monoisotopic (exact) mass is 387 g/mol. The summed E-state index contributed by atoms with van der Waals surface area (Å²) in [4.78, 5) is 2.29. The standard InChI is InChI=1S/C26H33N.C2H4/c1-7-11-25(22-16-12-20(5)13-17-22)26(10-4)27(23(8-2)9-3)24-18-14-21(6)15-19-24;1-2/h8-10,12,14-16,18-19H,2,4,7,11,13,17H2,1,3,5-6H3;1-2H2/b23-9+,26-25-;. The molecule has 0 atom stereocenters. The lowest BCUT2D eigenvalue weighted by atomic mass is 9.89. The molecule has 1 aromatic carbocycles. The third-order valence-electron chi connectivity index (χ3n) is 5.04. The maximum Gasteiger partial charge on any atom is 0.0490 e. The zero-order valence-corrected chi connectivity index (χ0v) is 18.8. The highest BCUT2D eigenvalue weighted by Gasteiger charge is 2.19. The molecule has 29 heavy (non-hydrogen) atoms. The number of hydrogen-bond acceptors (Lipinski definition) is 1. The molecule has 0 N–H and O–H groups in total. The molecule has 0 aliphatic heterocycles. The summed E-state index contributed by atoms with van der Waals surface area (Å²) in [6.07, 6.45) is 15.0. The molecule has 0 unspecified atom stereocenters. The fraction of sp³-hybridized carbons (Fsp3) is 0.286. The molecule has 1 nitrogen and oxygen atoms in total. The Morgan fingerprint density at radius 1 is 1.00 bits per heavy atom. The molecule has 0 saturated heterocycles. The van der Waals surface area contributed by atoms with E-state index < -0.39 is 0 Å². The molecule has 1 aliphatic carbocycles. The summed E-state index contributed by atoms with van der Waals surface area (Å²) >= 11 is 0. The predicted octanol–water partition coefficient (Wildman–Crippen LogP) is 8.60. The van der Waals surface area contributed by atoms with E-state index in [1.807, 2.05) is 12.2 Å². The minimum atomic E-state index is 1.04. The van der Waals surface area contributed by atoms with Crippen LogP contribution in [0.4, 0.5) is 5.69 Å². The van der Waals surface area contributed by atoms with Gasteiger partial charge in [0, 0.05) is 17.1 Å². The van der Waals surface area contributed by atoms with Crippen molar-refractivity contribution in [1.29, 1.82) is 0 Å². The second kappa shape index (κ2) is 12.6. The van der Waals surface area contributed by atoms with Gasteiger partial charge in [-0.2, -0.15) is 0 Å². The lowest BCUT2D eigenvalue weighted by Gasteiger charge is -2.31. The maximum absolute atomic E-state index is 4.19. The molecule has 0 fully saturated rings. The van der Waals surface area contributed by atoms with Gasteiger partial charge < -0.3 is 4.90 Å². The van der Waals surface area contributed by atoms with E-state index in [1.54, 1.807) is 0 Å². The van der Waals surface area contributed by atoms with Crippen molar-refractivity contribution in [1.82, 2.24) is 0 Å². The number of nitrogens with zero attached hydrogens (tertiary/aromatic N) is 1. The van der Waals surface area contributed by atoms with Crippen molar-refractivity contribution in [2.24, 2.45) is 0 Å². The van der Waals surface area contributed by atoms with Crippen LogP contribution in [-0.2, 0) is 0 Å². The van der Waals surface area contributed by atoms with Crippen molar-refractivity contribution >= 4 is 5.69 Å². The molecule has 0 heterocycles. The molecule has 1 aromatic rings. The molecule has 154 valence electrons. The van der Waals surface area contributed by atoms with Crippen LogP contribution in [0.25, 0.3) is 0 Å². The summed E-state index contributed by atoms with van der Waals surface area (Å²) in [5.41, 5.74) is 8.89. The predicted molar refractivity (Wildman–Crippen MR) is 132 cm³/mol. The Balaban J connectivity index is 0.00000204. The van der Waals surface area contributed by atoms with Crippen LogP contribution in [0.1, 0.15) is 52.0 Å². The average Bonchev–Trinajstić information content (AvgIpc) is 2.76. The van der Waals surface area contributed by atoms with Crippen molar-refractivity contribution in [3.8, 4) is 0 Å². The minimum absolute atomic E-state index is 1.04. The van der Waals surface area contributed by atoms with E-state index in [1.165, 1.54) is 22.3 Å². The Hall–Kier alpha value is -2.80. The van der Waals surface area contributed by atoms with Crippen molar-refractivity contribution in [3.63, 3.8) is 0 Å². The third kappa shape index (κ3) is 6.35. The molecule has 1 heteroatoms. The number of rotatable bonds is 8. The average molecular weight is 388 g/mol. The first-order valence-corrected chi connectivity index (χ1v) is 10.4.